The molecule has 58 valence electrons. The highest BCUT2D eigenvalue weighted by molar-refractivity contribution is 7.78. The van der Waals surface area contributed by atoms with Gasteiger partial charge in [-0.05, 0) is 12.8 Å². The van der Waals surface area contributed by atoms with Crippen molar-refractivity contribution >= 4 is 11.3 Å². The zero-order valence-corrected chi connectivity index (χ0v) is 6.60. The molecule has 2 atom stereocenters. The van der Waals surface area contributed by atoms with Crippen LogP contribution in [0.3, 0.4) is 0 Å². The lowest BCUT2D eigenvalue weighted by Crippen LogP contribution is -2.35. The number of piperidine rings is 1. The smallest absolute Gasteiger partial charge is 0.237 e. The molecule has 3 nitrogen and oxygen atoms in total. The van der Waals surface area contributed by atoms with Gasteiger partial charge >= 0.3 is 0 Å². The van der Waals surface area contributed by atoms with Gasteiger partial charge in [-0.2, -0.15) is 4.31 Å². The summed E-state index contributed by atoms with van der Waals surface area (Å²) in [6.07, 6.45) is 3.60. The van der Waals surface area contributed by atoms with Crippen LogP contribution >= 0.6 is 0 Å². The van der Waals surface area contributed by atoms with E-state index in [1.807, 2.05) is 4.31 Å². The molecule has 4 heteroatoms. The summed E-state index contributed by atoms with van der Waals surface area (Å²) in [6.45, 7) is 1.63. The number of rotatable bonds is 0. The van der Waals surface area contributed by atoms with E-state index >= 15 is 0 Å². The minimum absolute atomic E-state index is 0.453. The molecule has 10 heavy (non-hydrogen) atoms. The first kappa shape index (κ1) is 6.76. The van der Waals surface area contributed by atoms with Gasteiger partial charge in [-0.25, -0.2) is 4.21 Å². The third kappa shape index (κ3) is 1.00. The lowest BCUT2D eigenvalue weighted by atomic mass is 10.1. The van der Waals surface area contributed by atoms with Crippen LogP contribution in [0.5, 0.6) is 0 Å². The first-order valence-electron chi connectivity index (χ1n) is 3.70. The Morgan fingerprint density at radius 3 is 3.20 bits per heavy atom. The normalized spacial score (nSPS) is 41.6. The van der Waals surface area contributed by atoms with Gasteiger partial charge in [0.2, 0.25) is 11.3 Å². The fourth-order valence-electron chi connectivity index (χ4n) is 1.54. The van der Waals surface area contributed by atoms with E-state index in [1.165, 1.54) is 12.8 Å². The summed E-state index contributed by atoms with van der Waals surface area (Å²) in [4.78, 5) is 0. The van der Waals surface area contributed by atoms with Crippen LogP contribution in [0.2, 0.25) is 0 Å². The summed E-state index contributed by atoms with van der Waals surface area (Å²) in [5, 5.41) is 0. The number of fused-ring (bicyclic) bond motifs is 1. The van der Waals surface area contributed by atoms with Crippen molar-refractivity contribution in [1.29, 1.82) is 0 Å². The highest BCUT2D eigenvalue weighted by atomic mass is 32.2. The molecule has 2 aliphatic rings. The first-order valence-corrected chi connectivity index (χ1v) is 4.73. The van der Waals surface area contributed by atoms with E-state index in [1.54, 1.807) is 0 Å². The van der Waals surface area contributed by atoms with Gasteiger partial charge in [0.25, 0.3) is 0 Å². The molecule has 2 saturated heterocycles. The molecule has 0 N–H and O–H groups in total. The second-order valence-corrected chi connectivity index (χ2v) is 3.93. The zero-order chi connectivity index (χ0) is 6.97. The van der Waals surface area contributed by atoms with Crippen LogP contribution < -0.4 is 0 Å². The van der Waals surface area contributed by atoms with Crippen molar-refractivity contribution in [2.75, 3.05) is 13.2 Å². The van der Waals surface area contributed by atoms with Crippen molar-refractivity contribution < 1.29 is 8.39 Å². The van der Waals surface area contributed by atoms with Crippen LogP contribution in [0, 0.1) is 0 Å². The Hall–Kier alpha value is 0.0700. The predicted octanol–water partition coefficient (Wildman–Crippen LogP) is 0.450. The van der Waals surface area contributed by atoms with Crippen LogP contribution in [-0.4, -0.2) is 27.7 Å². The third-order valence-corrected chi connectivity index (χ3v) is 3.33. The molecule has 0 aromatic heterocycles. The van der Waals surface area contributed by atoms with Crippen molar-refractivity contribution in [2.24, 2.45) is 0 Å². The Bertz CT molecular complexity index is 162. The van der Waals surface area contributed by atoms with E-state index in [4.69, 9.17) is 4.18 Å². The fraction of sp³-hybridized carbons (Fsp3) is 1.00. The first-order chi connectivity index (χ1) is 4.88. The molecule has 2 aliphatic heterocycles. The lowest BCUT2D eigenvalue weighted by molar-refractivity contribution is 0.257. The molecule has 0 aromatic carbocycles. The highest BCUT2D eigenvalue weighted by Gasteiger charge is 2.33. The van der Waals surface area contributed by atoms with Crippen molar-refractivity contribution in [2.45, 2.75) is 25.3 Å². The van der Waals surface area contributed by atoms with Crippen LogP contribution in [0.25, 0.3) is 0 Å². The molecule has 0 aliphatic carbocycles. The summed E-state index contributed by atoms with van der Waals surface area (Å²) < 4.78 is 18.0. The van der Waals surface area contributed by atoms with Crippen LogP contribution in [0.1, 0.15) is 19.3 Å². The Kier molecular flexibility index (Phi) is 1.76. The molecule has 2 fully saturated rings. The third-order valence-electron chi connectivity index (χ3n) is 2.13. The summed E-state index contributed by atoms with van der Waals surface area (Å²) in [7, 11) is 0. The quantitative estimate of drug-likeness (QED) is 0.516. The molecule has 0 aromatic rings. The largest absolute Gasteiger partial charge is 0.276 e. The number of nitrogens with zero attached hydrogens (tertiary/aromatic N) is 1. The second-order valence-electron chi connectivity index (χ2n) is 2.79. The maximum Gasteiger partial charge on any atom is 0.237 e. The lowest BCUT2D eigenvalue weighted by Gasteiger charge is -2.24. The van der Waals surface area contributed by atoms with Crippen LogP contribution in [-0.2, 0) is 15.4 Å². The molecular weight excluding hydrogens is 150 g/mol. The van der Waals surface area contributed by atoms with E-state index < -0.39 is 11.3 Å². The molecule has 0 radical (unpaired) electrons. The Morgan fingerprint density at radius 2 is 2.40 bits per heavy atom. The van der Waals surface area contributed by atoms with E-state index in [9.17, 15) is 4.21 Å². The maximum atomic E-state index is 11.0. The Balaban J connectivity index is 2.08. The Morgan fingerprint density at radius 1 is 1.50 bits per heavy atom. The molecule has 0 amide bonds. The average Bonchev–Trinajstić information content (AvgIpc) is 2.34. The van der Waals surface area contributed by atoms with Gasteiger partial charge in [-0.1, -0.05) is 6.42 Å². The average molecular weight is 161 g/mol. The molecule has 1 unspecified atom stereocenters. The standard InChI is InChI=1S/C6H11NO2S/c8-10-7-4-2-1-3-6(7)5-9-10/h6H,1-5H2/t6-,10?/m1/s1. The zero-order valence-electron chi connectivity index (χ0n) is 5.78. The fourth-order valence-corrected chi connectivity index (χ4v) is 2.64. The van der Waals surface area contributed by atoms with Gasteiger partial charge in [-0.15, -0.1) is 0 Å². The summed E-state index contributed by atoms with van der Waals surface area (Å²) in [5.74, 6) is 0. The van der Waals surface area contributed by atoms with Crippen molar-refractivity contribution in [3.8, 4) is 0 Å². The molecule has 2 heterocycles. The molecule has 0 bridgehead atoms. The predicted molar refractivity (Wildman–Crippen MR) is 38.4 cm³/mol. The number of hydrogen-bond donors (Lipinski definition) is 0. The van der Waals surface area contributed by atoms with Gasteiger partial charge in [-0.3, -0.25) is 4.18 Å². The van der Waals surface area contributed by atoms with Crippen molar-refractivity contribution in [1.82, 2.24) is 4.31 Å². The Labute approximate surface area is 63.1 Å². The highest BCUT2D eigenvalue weighted by Crippen LogP contribution is 2.24. The monoisotopic (exact) mass is 161 g/mol. The van der Waals surface area contributed by atoms with Gasteiger partial charge in [0.15, 0.2) is 0 Å². The van der Waals surface area contributed by atoms with Crippen molar-refractivity contribution in [3.05, 3.63) is 0 Å². The van der Waals surface area contributed by atoms with Gasteiger partial charge in [0.1, 0.15) is 0 Å². The molecule has 0 spiro atoms. The summed E-state index contributed by atoms with van der Waals surface area (Å²) >= 11 is -1.11. The minimum Gasteiger partial charge on any atom is -0.276 e. The van der Waals surface area contributed by atoms with E-state index in [0.29, 0.717) is 12.6 Å². The summed E-state index contributed by atoms with van der Waals surface area (Å²) in [6, 6.07) is 0.453. The molecule has 0 saturated carbocycles. The van der Waals surface area contributed by atoms with Gasteiger partial charge < -0.3 is 0 Å². The van der Waals surface area contributed by atoms with E-state index in [-0.39, 0.29) is 0 Å². The van der Waals surface area contributed by atoms with E-state index in [2.05, 4.69) is 0 Å². The maximum absolute atomic E-state index is 11.0. The topological polar surface area (TPSA) is 29.5 Å². The van der Waals surface area contributed by atoms with Gasteiger partial charge in [0, 0.05) is 12.6 Å². The van der Waals surface area contributed by atoms with Crippen LogP contribution in [0.15, 0.2) is 0 Å². The van der Waals surface area contributed by atoms with Crippen LogP contribution in [0.4, 0.5) is 0 Å². The van der Waals surface area contributed by atoms with Crippen molar-refractivity contribution in [3.63, 3.8) is 0 Å². The van der Waals surface area contributed by atoms with E-state index in [0.717, 1.165) is 13.0 Å². The SMILES string of the molecule is O=S1OC[C@H]2CCCCN21. The molecule has 2 rings (SSSR count). The van der Waals surface area contributed by atoms with Gasteiger partial charge in [0.05, 0.1) is 6.61 Å². The molecular formula is C6H11NO2S. The summed E-state index contributed by atoms with van der Waals surface area (Å²) in [5.41, 5.74) is 0. The minimum atomic E-state index is -1.11. The second kappa shape index (κ2) is 2.60. The number of hydrogen-bond acceptors (Lipinski definition) is 2.